The lowest BCUT2D eigenvalue weighted by Gasteiger charge is -1.97. The predicted octanol–water partition coefficient (Wildman–Crippen LogP) is 4.46. The Morgan fingerprint density at radius 3 is 2.39 bits per heavy atom. The lowest BCUT2D eigenvalue weighted by atomic mass is 10.2. The molecule has 0 amide bonds. The molecule has 23 heavy (non-hydrogen) atoms. The maximum atomic E-state index is 5.73. The molecule has 2 aromatic carbocycles. The van der Waals surface area contributed by atoms with Gasteiger partial charge in [-0.3, -0.25) is 4.98 Å². The molecule has 2 aromatic heterocycles. The minimum Gasteiger partial charge on any atom is -0.437 e. The van der Waals surface area contributed by atoms with Gasteiger partial charge in [0.2, 0.25) is 5.89 Å². The topological polar surface area (TPSA) is 51.8 Å². The summed E-state index contributed by atoms with van der Waals surface area (Å²) in [6.45, 7) is 0. The Bertz CT molecular complexity index is 974. The molecule has 0 N–H and O–H groups in total. The van der Waals surface area contributed by atoms with E-state index in [-0.39, 0.29) is 0 Å². The molecule has 0 atom stereocenters. The summed E-state index contributed by atoms with van der Waals surface area (Å²) in [5.41, 5.74) is 3.49. The second-order valence-electron chi connectivity index (χ2n) is 5.05. The Labute approximate surface area is 133 Å². The smallest absolute Gasteiger partial charge is 0.226 e. The molecule has 0 aliphatic heterocycles. The average molecular weight is 299 g/mol. The number of nitrogens with zero attached hydrogens (tertiary/aromatic N) is 3. The minimum absolute atomic E-state index is 0.606. The van der Waals surface area contributed by atoms with Gasteiger partial charge < -0.3 is 4.42 Å². The molecule has 2 heterocycles. The molecule has 0 spiro atoms. The number of hydrogen-bond acceptors (Lipinski definition) is 4. The van der Waals surface area contributed by atoms with Crippen LogP contribution in [0.4, 0.5) is 0 Å². The molecule has 4 nitrogen and oxygen atoms in total. The van der Waals surface area contributed by atoms with Crippen molar-refractivity contribution < 1.29 is 4.42 Å². The monoisotopic (exact) mass is 299 g/mol. The van der Waals surface area contributed by atoms with Gasteiger partial charge in [-0.15, -0.1) is 0 Å². The summed E-state index contributed by atoms with van der Waals surface area (Å²) in [6.07, 6.45) is 7.16. The largest absolute Gasteiger partial charge is 0.437 e. The molecule has 4 heteroatoms. The van der Waals surface area contributed by atoms with Gasteiger partial charge >= 0.3 is 0 Å². The van der Waals surface area contributed by atoms with Crippen LogP contribution in [-0.2, 0) is 0 Å². The molecule has 0 saturated heterocycles. The Balaban J connectivity index is 1.59. The van der Waals surface area contributed by atoms with E-state index in [1.807, 2.05) is 66.7 Å². The molecule has 0 aliphatic carbocycles. The van der Waals surface area contributed by atoms with E-state index >= 15 is 0 Å². The second-order valence-corrected chi connectivity index (χ2v) is 5.05. The zero-order chi connectivity index (χ0) is 15.5. The third-order valence-electron chi connectivity index (χ3n) is 3.43. The van der Waals surface area contributed by atoms with Gasteiger partial charge in [0.25, 0.3) is 0 Å². The highest BCUT2D eigenvalue weighted by Gasteiger charge is 2.04. The highest BCUT2D eigenvalue weighted by atomic mass is 16.4. The van der Waals surface area contributed by atoms with Gasteiger partial charge in [0.05, 0.1) is 29.1 Å². The maximum absolute atomic E-state index is 5.73. The molecule has 110 valence electrons. The molecular formula is C19H13N3O. The van der Waals surface area contributed by atoms with Crippen molar-refractivity contribution in [3.63, 3.8) is 0 Å². The first kappa shape index (κ1) is 13.4. The van der Waals surface area contributed by atoms with Crippen LogP contribution in [0.2, 0.25) is 0 Å². The predicted molar refractivity (Wildman–Crippen MR) is 90.4 cm³/mol. The normalized spacial score (nSPS) is 11.3. The number of rotatable bonds is 3. The van der Waals surface area contributed by atoms with Crippen LogP contribution < -0.4 is 0 Å². The molecule has 0 bridgehead atoms. The highest BCUT2D eigenvalue weighted by molar-refractivity contribution is 5.76. The first-order valence-electron chi connectivity index (χ1n) is 7.30. The van der Waals surface area contributed by atoms with Crippen molar-refractivity contribution in [1.29, 1.82) is 0 Å². The Morgan fingerprint density at radius 1 is 0.739 bits per heavy atom. The number of oxazole rings is 1. The third-order valence-corrected chi connectivity index (χ3v) is 3.43. The zero-order valence-corrected chi connectivity index (χ0v) is 12.3. The van der Waals surface area contributed by atoms with Crippen LogP contribution in [0.1, 0.15) is 11.5 Å². The molecule has 0 fully saturated rings. The number of hydrogen-bond donors (Lipinski definition) is 0. The van der Waals surface area contributed by atoms with E-state index in [0.717, 1.165) is 22.3 Å². The summed E-state index contributed by atoms with van der Waals surface area (Å²) in [5, 5.41) is 0. The van der Waals surface area contributed by atoms with E-state index in [9.17, 15) is 0 Å². The van der Waals surface area contributed by atoms with Gasteiger partial charge in [-0.2, -0.15) is 0 Å². The minimum atomic E-state index is 0.606. The standard InChI is InChI=1S/C19H13N3O/c1-2-6-14(7-3-1)19-21-13-16(23-19)11-10-15-12-20-17-8-4-5-9-18(17)22-15/h1-13H. The molecule has 0 unspecified atom stereocenters. The van der Waals surface area contributed by atoms with Crippen LogP contribution in [0.15, 0.2) is 71.4 Å². The van der Waals surface area contributed by atoms with E-state index in [1.54, 1.807) is 12.4 Å². The van der Waals surface area contributed by atoms with Crippen LogP contribution in [-0.4, -0.2) is 15.0 Å². The summed E-state index contributed by atoms with van der Waals surface area (Å²) in [5.74, 6) is 1.29. The van der Waals surface area contributed by atoms with Crippen LogP contribution in [0.3, 0.4) is 0 Å². The van der Waals surface area contributed by atoms with Crippen molar-refractivity contribution in [2.45, 2.75) is 0 Å². The van der Waals surface area contributed by atoms with Crippen LogP contribution >= 0.6 is 0 Å². The van der Waals surface area contributed by atoms with Crippen molar-refractivity contribution in [2.75, 3.05) is 0 Å². The highest BCUT2D eigenvalue weighted by Crippen LogP contribution is 2.19. The van der Waals surface area contributed by atoms with Gasteiger partial charge in [0.15, 0.2) is 0 Å². The zero-order valence-electron chi connectivity index (χ0n) is 12.3. The fourth-order valence-electron chi connectivity index (χ4n) is 2.30. The summed E-state index contributed by atoms with van der Waals surface area (Å²) in [6, 6.07) is 17.6. The molecule has 0 aliphatic rings. The van der Waals surface area contributed by atoms with Crippen molar-refractivity contribution in [3.8, 4) is 11.5 Å². The summed E-state index contributed by atoms with van der Waals surface area (Å²) in [4.78, 5) is 13.2. The van der Waals surface area contributed by atoms with Gasteiger partial charge in [0.1, 0.15) is 5.76 Å². The summed E-state index contributed by atoms with van der Waals surface area (Å²) >= 11 is 0. The first-order valence-corrected chi connectivity index (χ1v) is 7.30. The number of fused-ring (bicyclic) bond motifs is 1. The average Bonchev–Trinajstić information content (AvgIpc) is 3.10. The van der Waals surface area contributed by atoms with Gasteiger partial charge in [-0.1, -0.05) is 30.3 Å². The van der Waals surface area contributed by atoms with Crippen LogP contribution in [0.5, 0.6) is 0 Å². The second kappa shape index (κ2) is 5.85. The lowest BCUT2D eigenvalue weighted by molar-refractivity contribution is 0.565. The van der Waals surface area contributed by atoms with Crippen LogP contribution in [0, 0.1) is 0 Å². The van der Waals surface area contributed by atoms with E-state index < -0.39 is 0 Å². The first-order chi connectivity index (χ1) is 11.4. The SMILES string of the molecule is C(=Cc1cnc(-c2ccccc2)o1)c1cnc2ccccc2n1. The van der Waals surface area contributed by atoms with Gasteiger partial charge in [0, 0.05) is 5.56 Å². The number of aromatic nitrogens is 3. The molecule has 4 rings (SSSR count). The van der Waals surface area contributed by atoms with E-state index in [4.69, 9.17) is 4.42 Å². The van der Waals surface area contributed by atoms with E-state index in [2.05, 4.69) is 15.0 Å². The quantitative estimate of drug-likeness (QED) is 0.560. The number of benzene rings is 2. The van der Waals surface area contributed by atoms with E-state index in [0.29, 0.717) is 11.7 Å². The van der Waals surface area contributed by atoms with Crippen molar-refractivity contribution in [3.05, 3.63) is 78.4 Å². The van der Waals surface area contributed by atoms with Crippen LogP contribution in [0.25, 0.3) is 34.6 Å². The molecule has 0 radical (unpaired) electrons. The van der Waals surface area contributed by atoms with Crippen molar-refractivity contribution in [1.82, 2.24) is 15.0 Å². The molecule has 4 aromatic rings. The lowest BCUT2D eigenvalue weighted by Crippen LogP contribution is -1.86. The number of para-hydroxylation sites is 2. The fraction of sp³-hybridized carbons (Fsp3) is 0. The Hall–Kier alpha value is -3.27. The van der Waals surface area contributed by atoms with Gasteiger partial charge in [-0.25, -0.2) is 9.97 Å². The molecular weight excluding hydrogens is 286 g/mol. The van der Waals surface area contributed by atoms with Crippen molar-refractivity contribution >= 4 is 23.2 Å². The van der Waals surface area contributed by atoms with Crippen molar-refractivity contribution in [2.24, 2.45) is 0 Å². The summed E-state index contributed by atoms with van der Waals surface area (Å²) in [7, 11) is 0. The fourth-order valence-corrected chi connectivity index (χ4v) is 2.30. The van der Waals surface area contributed by atoms with E-state index in [1.165, 1.54) is 0 Å². The third kappa shape index (κ3) is 2.87. The molecule has 0 saturated carbocycles. The summed E-state index contributed by atoms with van der Waals surface area (Å²) < 4.78 is 5.73. The Morgan fingerprint density at radius 2 is 1.52 bits per heavy atom. The van der Waals surface area contributed by atoms with Gasteiger partial charge in [-0.05, 0) is 36.4 Å². The Kier molecular flexibility index (Phi) is 3.41. The maximum Gasteiger partial charge on any atom is 0.226 e.